The van der Waals surface area contributed by atoms with Crippen molar-refractivity contribution in [2.45, 2.75) is 0 Å². The standard InChI is InChI=1S/C17H10ClN/c18-16-7-4-8-17-15(16)12-11-14(19-17)10-9-13-5-2-1-3-6-13/h1-8,11-12H. The maximum Gasteiger partial charge on any atom is 0.114 e. The van der Waals surface area contributed by atoms with Crippen LogP contribution in [0.2, 0.25) is 5.02 Å². The highest BCUT2D eigenvalue weighted by molar-refractivity contribution is 6.35. The second kappa shape index (κ2) is 5.14. The first-order valence-corrected chi connectivity index (χ1v) is 6.33. The molecule has 0 spiro atoms. The molecule has 2 heteroatoms. The molecule has 0 radical (unpaired) electrons. The largest absolute Gasteiger partial charge is 0.239 e. The number of hydrogen-bond acceptors (Lipinski definition) is 1. The van der Waals surface area contributed by atoms with E-state index in [0.717, 1.165) is 22.2 Å². The Kier molecular flexibility index (Phi) is 3.18. The highest BCUT2D eigenvalue weighted by Gasteiger charge is 1.99. The molecular formula is C17H10ClN. The number of pyridine rings is 1. The van der Waals surface area contributed by atoms with E-state index in [0.29, 0.717) is 5.02 Å². The van der Waals surface area contributed by atoms with Crippen LogP contribution in [0.5, 0.6) is 0 Å². The fraction of sp³-hybridized carbons (Fsp3) is 0. The van der Waals surface area contributed by atoms with Gasteiger partial charge in [-0.25, -0.2) is 4.98 Å². The van der Waals surface area contributed by atoms with Gasteiger partial charge in [-0.1, -0.05) is 41.8 Å². The summed E-state index contributed by atoms with van der Waals surface area (Å²) in [6.07, 6.45) is 0. The summed E-state index contributed by atoms with van der Waals surface area (Å²) >= 11 is 6.11. The molecule has 0 saturated carbocycles. The molecule has 1 nitrogen and oxygen atoms in total. The summed E-state index contributed by atoms with van der Waals surface area (Å²) in [4.78, 5) is 4.49. The van der Waals surface area contributed by atoms with E-state index in [1.807, 2.05) is 60.7 Å². The summed E-state index contributed by atoms with van der Waals surface area (Å²) < 4.78 is 0. The van der Waals surface area contributed by atoms with Gasteiger partial charge in [-0.05, 0) is 42.3 Å². The third-order valence-corrected chi connectivity index (χ3v) is 3.12. The fourth-order valence-corrected chi connectivity index (χ4v) is 2.08. The predicted octanol–water partition coefficient (Wildman–Crippen LogP) is 4.29. The van der Waals surface area contributed by atoms with Gasteiger partial charge in [0.25, 0.3) is 0 Å². The average Bonchev–Trinajstić information content (AvgIpc) is 2.46. The Labute approximate surface area is 116 Å². The summed E-state index contributed by atoms with van der Waals surface area (Å²) in [6, 6.07) is 19.4. The Morgan fingerprint density at radius 1 is 0.789 bits per heavy atom. The fourth-order valence-electron chi connectivity index (χ4n) is 1.84. The maximum atomic E-state index is 6.11. The highest BCUT2D eigenvalue weighted by Crippen LogP contribution is 2.21. The van der Waals surface area contributed by atoms with Crippen molar-refractivity contribution < 1.29 is 0 Å². The van der Waals surface area contributed by atoms with Gasteiger partial charge < -0.3 is 0 Å². The molecule has 0 saturated heterocycles. The Hall–Kier alpha value is -2.30. The van der Waals surface area contributed by atoms with Crippen molar-refractivity contribution in [2.75, 3.05) is 0 Å². The first kappa shape index (κ1) is 11.8. The minimum atomic E-state index is 0.715. The first-order chi connectivity index (χ1) is 9.33. The predicted molar refractivity (Wildman–Crippen MR) is 79.2 cm³/mol. The van der Waals surface area contributed by atoms with E-state index in [-0.39, 0.29) is 0 Å². The summed E-state index contributed by atoms with van der Waals surface area (Å²) in [5.74, 6) is 6.16. The molecule has 3 aromatic rings. The Morgan fingerprint density at radius 3 is 2.47 bits per heavy atom. The Balaban J connectivity index is 2.01. The molecule has 0 amide bonds. The van der Waals surface area contributed by atoms with Gasteiger partial charge in [-0.15, -0.1) is 0 Å². The molecule has 0 N–H and O–H groups in total. The molecule has 0 atom stereocenters. The second-order valence-corrected chi connectivity index (χ2v) is 4.53. The van der Waals surface area contributed by atoms with Gasteiger partial charge in [0, 0.05) is 16.0 Å². The van der Waals surface area contributed by atoms with Crippen LogP contribution < -0.4 is 0 Å². The molecular weight excluding hydrogens is 254 g/mol. The van der Waals surface area contributed by atoms with Crippen molar-refractivity contribution in [3.8, 4) is 11.8 Å². The van der Waals surface area contributed by atoms with Crippen LogP contribution in [0.3, 0.4) is 0 Å². The highest BCUT2D eigenvalue weighted by atomic mass is 35.5. The number of nitrogens with zero attached hydrogens (tertiary/aromatic N) is 1. The lowest BCUT2D eigenvalue weighted by Gasteiger charge is -1.99. The number of rotatable bonds is 0. The number of hydrogen-bond donors (Lipinski definition) is 0. The van der Waals surface area contributed by atoms with E-state index < -0.39 is 0 Å². The molecule has 0 fully saturated rings. The molecule has 1 aromatic heterocycles. The van der Waals surface area contributed by atoms with E-state index in [1.165, 1.54) is 0 Å². The van der Waals surface area contributed by atoms with Gasteiger partial charge in [0.15, 0.2) is 0 Å². The minimum Gasteiger partial charge on any atom is -0.239 e. The van der Waals surface area contributed by atoms with Gasteiger partial charge in [0.05, 0.1) is 5.52 Å². The molecule has 90 valence electrons. The van der Waals surface area contributed by atoms with Crippen molar-refractivity contribution in [2.24, 2.45) is 0 Å². The third-order valence-electron chi connectivity index (χ3n) is 2.79. The van der Waals surface area contributed by atoms with Crippen LogP contribution >= 0.6 is 11.6 Å². The molecule has 2 aromatic carbocycles. The molecule has 0 aliphatic carbocycles. The lowest BCUT2D eigenvalue weighted by molar-refractivity contribution is 1.36. The number of aromatic nitrogens is 1. The second-order valence-electron chi connectivity index (χ2n) is 4.12. The van der Waals surface area contributed by atoms with Crippen LogP contribution in [0.25, 0.3) is 10.9 Å². The van der Waals surface area contributed by atoms with Gasteiger partial charge in [0.2, 0.25) is 0 Å². The first-order valence-electron chi connectivity index (χ1n) is 5.95. The molecule has 0 bridgehead atoms. The molecule has 0 aliphatic rings. The topological polar surface area (TPSA) is 12.9 Å². The monoisotopic (exact) mass is 263 g/mol. The van der Waals surface area contributed by atoms with Crippen LogP contribution in [0.15, 0.2) is 60.7 Å². The SMILES string of the molecule is Clc1cccc2nc(C#Cc3ccccc3)ccc12. The van der Waals surface area contributed by atoms with Gasteiger partial charge >= 0.3 is 0 Å². The molecule has 0 unspecified atom stereocenters. The van der Waals surface area contributed by atoms with E-state index >= 15 is 0 Å². The Bertz CT molecular complexity index is 782. The summed E-state index contributed by atoms with van der Waals surface area (Å²) in [5, 5.41) is 1.67. The van der Waals surface area contributed by atoms with E-state index in [1.54, 1.807) is 0 Å². The lowest BCUT2D eigenvalue weighted by atomic mass is 10.2. The summed E-state index contributed by atoms with van der Waals surface area (Å²) in [5.41, 5.74) is 2.60. The smallest absolute Gasteiger partial charge is 0.114 e. The van der Waals surface area contributed by atoms with Crippen molar-refractivity contribution in [3.05, 3.63) is 76.9 Å². The van der Waals surface area contributed by atoms with Crippen LogP contribution in [0, 0.1) is 11.8 Å². The average molecular weight is 264 g/mol. The number of benzene rings is 2. The van der Waals surface area contributed by atoms with E-state index in [9.17, 15) is 0 Å². The van der Waals surface area contributed by atoms with Crippen molar-refractivity contribution in [1.29, 1.82) is 0 Å². The van der Waals surface area contributed by atoms with Crippen LogP contribution in [0.4, 0.5) is 0 Å². The zero-order valence-electron chi connectivity index (χ0n) is 10.1. The van der Waals surface area contributed by atoms with Gasteiger partial charge in [-0.2, -0.15) is 0 Å². The quantitative estimate of drug-likeness (QED) is 0.552. The Morgan fingerprint density at radius 2 is 1.63 bits per heavy atom. The molecule has 3 rings (SSSR count). The van der Waals surface area contributed by atoms with E-state index in [4.69, 9.17) is 11.6 Å². The lowest BCUT2D eigenvalue weighted by Crippen LogP contribution is -1.85. The molecule has 0 aliphatic heterocycles. The van der Waals surface area contributed by atoms with E-state index in [2.05, 4.69) is 16.8 Å². The molecule has 1 heterocycles. The van der Waals surface area contributed by atoms with Crippen molar-refractivity contribution in [3.63, 3.8) is 0 Å². The van der Waals surface area contributed by atoms with Crippen LogP contribution in [-0.4, -0.2) is 4.98 Å². The normalized spacial score (nSPS) is 9.95. The number of fused-ring (bicyclic) bond motifs is 1. The summed E-state index contributed by atoms with van der Waals surface area (Å²) in [6.45, 7) is 0. The zero-order valence-corrected chi connectivity index (χ0v) is 10.9. The van der Waals surface area contributed by atoms with Gasteiger partial charge in [0.1, 0.15) is 5.69 Å². The maximum absolute atomic E-state index is 6.11. The summed E-state index contributed by atoms with van der Waals surface area (Å²) in [7, 11) is 0. The van der Waals surface area contributed by atoms with Crippen LogP contribution in [0.1, 0.15) is 11.3 Å². The van der Waals surface area contributed by atoms with Crippen molar-refractivity contribution in [1.82, 2.24) is 4.98 Å². The molecule has 19 heavy (non-hydrogen) atoms. The van der Waals surface area contributed by atoms with Crippen molar-refractivity contribution >= 4 is 22.5 Å². The van der Waals surface area contributed by atoms with Crippen LogP contribution in [-0.2, 0) is 0 Å². The third kappa shape index (κ3) is 2.59. The number of halogens is 1. The van der Waals surface area contributed by atoms with Gasteiger partial charge in [-0.3, -0.25) is 0 Å². The minimum absolute atomic E-state index is 0.715. The zero-order chi connectivity index (χ0) is 13.1.